The summed E-state index contributed by atoms with van der Waals surface area (Å²) in [5, 5.41) is 10.8. The van der Waals surface area contributed by atoms with Gasteiger partial charge in [0.2, 0.25) is 0 Å². The summed E-state index contributed by atoms with van der Waals surface area (Å²) < 4.78 is 4.93. The average molecular weight is 235 g/mol. The lowest BCUT2D eigenvalue weighted by molar-refractivity contribution is -0.308. The van der Waals surface area contributed by atoms with E-state index in [0.717, 1.165) is 12.8 Å². The number of esters is 1. The SMILES string of the molecule is CC1(C)C(C#CC(=O)OCC2CC2)C1C(=O)[O-]. The number of carbonyl (C=O) groups excluding carboxylic acids is 2. The molecule has 0 spiro atoms. The van der Waals surface area contributed by atoms with Crippen LogP contribution in [0.3, 0.4) is 0 Å². The van der Waals surface area contributed by atoms with Gasteiger partial charge in [0.15, 0.2) is 0 Å². The molecule has 0 N–H and O–H groups in total. The maximum absolute atomic E-state index is 11.2. The van der Waals surface area contributed by atoms with Gasteiger partial charge in [-0.05, 0) is 24.2 Å². The Kier molecular flexibility index (Phi) is 2.86. The van der Waals surface area contributed by atoms with Crippen LogP contribution in [0, 0.1) is 35.0 Å². The van der Waals surface area contributed by atoms with Crippen molar-refractivity contribution in [1.82, 2.24) is 0 Å². The third-order valence-electron chi connectivity index (χ3n) is 3.56. The van der Waals surface area contributed by atoms with Crippen molar-refractivity contribution in [2.45, 2.75) is 26.7 Å². The topological polar surface area (TPSA) is 66.4 Å². The molecule has 2 saturated carbocycles. The molecule has 0 aliphatic heterocycles. The molecule has 2 unspecified atom stereocenters. The fraction of sp³-hybridized carbons (Fsp3) is 0.692. The molecule has 4 nitrogen and oxygen atoms in total. The number of carboxylic acid groups (broad SMARTS) is 1. The van der Waals surface area contributed by atoms with Gasteiger partial charge in [-0.2, -0.15) is 0 Å². The zero-order valence-electron chi connectivity index (χ0n) is 9.99. The molecule has 2 aliphatic carbocycles. The third kappa shape index (κ3) is 2.60. The van der Waals surface area contributed by atoms with E-state index in [9.17, 15) is 14.7 Å². The van der Waals surface area contributed by atoms with Crippen LogP contribution in [-0.4, -0.2) is 18.5 Å². The summed E-state index contributed by atoms with van der Waals surface area (Å²) in [6.45, 7) is 4.05. The highest BCUT2D eigenvalue weighted by molar-refractivity contribution is 5.89. The molecule has 2 aliphatic rings. The molecule has 0 amide bonds. The molecule has 2 atom stereocenters. The van der Waals surface area contributed by atoms with E-state index >= 15 is 0 Å². The van der Waals surface area contributed by atoms with Crippen LogP contribution in [0.5, 0.6) is 0 Å². The Labute approximate surface area is 100 Å². The average Bonchev–Trinajstić information content (AvgIpc) is 3.09. The Hall–Kier alpha value is -1.50. The van der Waals surface area contributed by atoms with Crippen molar-refractivity contribution < 1.29 is 19.4 Å². The first-order chi connectivity index (χ1) is 7.93. The fourth-order valence-electron chi connectivity index (χ4n) is 2.00. The quantitative estimate of drug-likeness (QED) is 0.391. The molecule has 0 bridgehead atoms. The van der Waals surface area contributed by atoms with Gasteiger partial charge in [0.25, 0.3) is 0 Å². The first-order valence-corrected chi connectivity index (χ1v) is 5.82. The Morgan fingerprint density at radius 1 is 1.41 bits per heavy atom. The lowest BCUT2D eigenvalue weighted by atomic mass is 10.1. The number of carbonyl (C=O) groups is 2. The molecule has 2 rings (SSSR count). The molecule has 0 aromatic heterocycles. The van der Waals surface area contributed by atoms with Gasteiger partial charge in [0, 0.05) is 23.7 Å². The minimum absolute atomic E-state index is 0.305. The number of aliphatic carboxylic acids is 1. The molecule has 92 valence electrons. The van der Waals surface area contributed by atoms with E-state index in [2.05, 4.69) is 11.8 Å². The van der Waals surface area contributed by atoms with Gasteiger partial charge in [0.05, 0.1) is 6.61 Å². The third-order valence-corrected chi connectivity index (χ3v) is 3.56. The normalized spacial score (nSPS) is 28.8. The smallest absolute Gasteiger partial charge is 0.384 e. The molecule has 0 aromatic carbocycles. The van der Waals surface area contributed by atoms with Crippen LogP contribution in [0.15, 0.2) is 0 Å². The Morgan fingerprint density at radius 3 is 2.53 bits per heavy atom. The summed E-state index contributed by atoms with van der Waals surface area (Å²) in [7, 11) is 0. The van der Waals surface area contributed by atoms with E-state index < -0.39 is 23.3 Å². The van der Waals surface area contributed by atoms with Crippen molar-refractivity contribution >= 4 is 11.9 Å². The summed E-state index contributed by atoms with van der Waals surface area (Å²) >= 11 is 0. The van der Waals surface area contributed by atoms with Crippen molar-refractivity contribution in [1.29, 1.82) is 0 Å². The predicted octanol–water partition coefficient (Wildman–Crippen LogP) is -0.0349. The van der Waals surface area contributed by atoms with E-state index in [1.165, 1.54) is 0 Å². The lowest BCUT2D eigenvalue weighted by Crippen LogP contribution is -2.26. The van der Waals surface area contributed by atoms with Gasteiger partial charge in [0.1, 0.15) is 0 Å². The molecule has 4 heteroatoms. The largest absolute Gasteiger partial charge is 0.550 e. The monoisotopic (exact) mass is 235 g/mol. The fourth-order valence-corrected chi connectivity index (χ4v) is 2.00. The second-order valence-electron chi connectivity index (χ2n) is 5.41. The Bertz CT molecular complexity index is 409. The van der Waals surface area contributed by atoms with Crippen LogP contribution in [0.25, 0.3) is 0 Å². The maximum Gasteiger partial charge on any atom is 0.384 e. The number of carboxylic acids is 1. The minimum Gasteiger partial charge on any atom is -0.550 e. The van der Waals surface area contributed by atoms with Crippen molar-refractivity contribution in [3.05, 3.63) is 0 Å². The maximum atomic E-state index is 11.2. The summed E-state index contributed by atoms with van der Waals surface area (Å²) in [5.74, 6) is 3.01. The zero-order valence-corrected chi connectivity index (χ0v) is 9.99. The van der Waals surface area contributed by atoms with Crippen LogP contribution in [-0.2, 0) is 14.3 Å². The van der Waals surface area contributed by atoms with Crippen molar-refractivity contribution in [3.8, 4) is 11.8 Å². The van der Waals surface area contributed by atoms with Crippen molar-refractivity contribution in [2.24, 2.45) is 23.2 Å². The summed E-state index contributed by atoms with van der Waals surface area (Å²) in [6.07, 6.45) is 2.23. The number of ether oxygens (including phenoxy) is 1. The Morgan fingerprint density at radius 2 is 2.06 bits per heavy atom. The van der Waals surface area contributed by atoms with Gasteiger partial charge in [-0.1, -0.05) is 19.8 Å². The second kappa shape index (κ2) is 4.06. The standard InChI is InChI=1S/C13H16O4/c1-13(2)9(11(13)12(15)16)5-6-10(14)17-7-8-3-4-8/h8-9,11H,3-4,7H2,1-2H3,(H,15,16)/p-1. The second-order valence-corrected chi connectivity index (χ2v) is 5.41. The van der Waals surface area contributed by atoms with Gasteiger partial charge < -0.3 is 14.6 Å². The molecule has 17 heavy (non-hydrogen) atoms. The molecular formula is C13H15O4-. The van der Waals surface area contributed by atoms with Crippen LogP contribution in [0.4, 0.5) is 0 Å². The number of hydrogen-bond acceptors (Lipinski definition) is 4. The van der Waals surface area contributed by atoms with E-state index in [1.54, 1.807) is 0 Å². The van der Waals surface area contributed by atoms with E-state index in [0.29, 0.717) is 12.5 Å². The molecular weight excluding hydrogens is 220 g/mol. The van der Waals surface area contributed by atoms with Gasteiger partial charge in [-0.25, -0.2) is 4.79 Å². The van der Waals surface area contributed by atoms with Crippen LogP contribution in [0.1, 0.15) is 26.7 Å². The van der Waals surface area contributed by atoms with E-state index in [-0.39, 0.29) is 5.92 Å². The van der Waals surface area contributed by atoms with Crippen LogP contribution in [0.2, 0.25) is 0 Å². The molecule has 0 aromatic rings. The van der Waals surface area contributed by atoms with Crippen molar-refractivity contribution in [3.63, 3.8) is 0 Å². The van der Waals surface area contributed by atoms with Crippen LogP contribution >= 0.6 is 0 Å². The zero-order chi connectivity index (χ0) is 12.6. The number of hydrogen-bond donors (Lipinski definition) is 0. The van der Waals surface area contributed by atoms with Crippen LogP contribution < -0.4 is 5.11 Å². The summed E-state index contributed by atoms with van der Waals surface area (Å²) in [6, 6.07) is 0. The summed E-state index contributed by atoms with van der Waals surface area (Å²) in [4.78, 5) is 22.0. The minimum atomic E-state index is -1.10. The molecule has 0 radical (unpaired) electrons. The highest BCUT2D eigenvalue weighted by atomic mass is 16.5. The highest BCUT2D eigenvalue weighted by Crippen LogP contribution is 2.57. The molecule has 0 heterocycles. The van der Waals surface area contributed by atoms with E-state index in [4.69, 9.17) is 4.74 Å². The summed E-state index contributed by atoms with van der Waals surface area (Å²) in [5.41, 5.74) is -0.400. The highest BCUT2D eigenvalue weighted by Gasteiger charge is 2.57. The van der Waals surface area contributed by atoms with E-state index in [1.807, 2.05) is 13.8 Å². The molecule has 0 saturated heterocycles. The predicted molar refractivity (Wildman–Crippen MR) is 57.2 cm³/mol. The lowest BCUT2D eigenvalue weighted by Gasteiger charge is -2.00. The number of rotatable bonds is 3. The van der Waals surface area contributed by atoms with Crippen molar-refractivity contribution in [2.75, 3.05) is 6.61 Å². The first-order valence-electron chi connectivity index (χ1n) is 5.82. The van der Waals surface area contributed by atoms with Gasteiger partial charge in [-0.15, -0.1) is 0 Å². The first kappa shape index (κ1) is 12.0. The molecule has 2 fully saturated rings. The van der Waals surface area contributed by atoms with Gasteiger partial charge in [-0.3, -0.25) is 0 Å². The Balaban J connectivity index is 1.84. The van der Waals surface area contributed by atoms with Gasteiger partial charge >= 0.3 is 5.97 Å².